The van der Waals surface area contributed by atoms with E-state index in [9.17, 15) is 31.2 Å². The molecule has 0 fully saturated rings. The highest BCUT2D eigenvalue weighted by Crippen LogP contribution is 2.43. The Kier molecular flexibility index (Phi) is 6.40. The lowest BCUT2D eigenvalue weighted by Gasteiger charge is -2.29. The molecule has 0 N–H and O–H groups in total. The van der Waals surface area contributed by atoms with Crippen LogP contribution in [0.1, 0.15) is 38.8 Å². The average Bonchev–Trinajstić information content (AvgIpc) is 2.98. The molecule has 1 aromatic rings. The van der Waals surface area contributed by atoms with Crippen molar-refractivity contribution in [2.45, 2.75) is 44.3 Å². The highest BCUT2D eigenvalue weighted by atomic mass is 32.2. The zero-order chi connectivity index (χ0) is 22.9. The summed E-state index contributed by atoms with van der Waals surface area (Å²) in [5.74, 6) is -2.13. The number of carbonyl (C=O) groups is 2. The molecule has 8 nitrogen and oxygen atoms in total. The predicted molar refractivity (Wildman–Crippen MR) is 97.0 cm³/mol. The largest absolute Gasteiger partial charge is 0.534 e. The summed E-state index contributed by atoms with van der Waals surface area (Å²) < 4.78 is 75.7. The van der Waals surface area contributed by atoms with Crippen molar-refractivity contribution in [1.82, 2.24) is 4.90 Å². The zero-order valence-electron chi connectivity index (χ0n) is 16.5. The number of amides is 1. The van der Waals surface area contributed by atoms with Gasteiger partial charge in [-0.1, -0.05) is 30.3 Å². The van der Waals surface area contributed by atoms with E-state index in [1.807, 2.05) is 0 Å². The SMILES string of the molecule is COC(=O)C1=C(OS(=O)(=O)C(F)(F)F)C[C@H](c2ccccc2)N1C(=O)OC(C)(C)C. The summed E-state index contributed by atoms with van der Waals surface area (Å²) in [7, 11) is -5.17. The first-order valence-electron chi connectivity index (χ1n) is 8.57. The Morgan fingerprint density at radius 1 is 1.10 bits per heavy atom. The second kappa shape index (κ2) is 8.17. The first-order valence-corrected chi connectivity index (χ1v) is 9.98. The minimum absolute atomic E-state index is 0.410. The van der Waals surface area contributed by atoms with Crippen molar-refractivity contribution in [3.05, 3.63) is 47.4 Å². The molecule has 0 aromatic heterocycles. The van der Waals surface area contributed by atoms with Gasteiger partial charge in [-0.25, -0.2) is 9.59 Å². The summed E-state index contributed by atoms with van der Waals surface area (Å²) in [5.41, 5.74) is -7.12. The molecule has 0 spiro atoms. The van der Waals surface area contributed by atoms with Gasteiger partial charge in [-0.15, -0.1) is 0 Å². The Morgan fingerprint density at radius 2 is 1.67 bits per heavy atom. The zero-order valence-corrected chi connectivity index (χ0v) is 17.3. The van der Waals surface area contributed by atoms with Crippen LogP contribution in [-0.4, -0.2) is 43.6 Å². The van der Waals surface area contributed by atoms with Gasteiger partial charge in [-0.2, -0.15) is 21.6 Å². The highest BCUT2D eigenvalue weighted by molar-refractivity contribution is 7.87. The van der Waals surface area contributed by atoms with Gasteiger partial charge >= 0.3 is 27.7 Å². The number of halogens is 3. The van der Waals surface area contributed by atoms with Crippen LogP contribution in [0.3, 0.4) is 0 Å². The molecule has 166 valence electrons. The van der Waals surface area contributed by atoms with Gasteiger partial charge in [-0.05, 0) is 26.3 Å². The third-order valence-electron chi connectivity index (χ3n) is 3.84. The number of carbonyl (C=O) groups excluding carboxylic acids is 2. The first kappa shape index (κ1) is 23.5. The summed E-state index contributed by atoms with van der Waals surface area (Å²) in [6, 6.07) is 6.91. The van der Waals surface area contributed by atoms with Crippen molar-refractivity contribution in [3.63, 3.8) is 0 Å². The maximum absolute atomic E-state index is 12.8. The fraction of sp³-hybridized carbons (Fsp3) is 0.444. The lowest BCUT2D eigenvalue weighted by atomic mass is 10.0. The summed E-state index contributed by atoms with van der Waals surface area (Å²) in [5, 5.41) is 0. The molecule has 0 bridgehead atoms. The molecule has 1 atom stereocenters. The third kappa shape index (κ3) is 5.04. The quantitative estimate of drug-likeness (QED) is 0.392. The van der Waals surface area contributed by atoms with Crippen LogP contribution in [-0.2, 0) is 28.6 Å². The second-order valence-corrected chi connectivity index (χ2v) is 8.77. The van der Waals surface area contributed by atoms with E-state index in [1.165, 1.54) is 0 Å². The fourth-order valence-electron chi connectivity index (χ4n) is 2.69. The minimum Gasteiger partial charge on any atom is -0.464 e. The van der Waals surface area contributed by atoms with Crippen molar-refractivity contribution in [2.24, 2.45) is 0 Å². The van der Waals surface area contributed by atoms with E-state index in [-0.39, 0.29) is 0 Å². The van der Waals surface area contributed by atoms with Gasteiger partial charge in [0.25, 0.3) is 0 Å². The molecule has 1 aromatic carbocycles. The van der Waals surface area contributed by atoms with Crippen LogP contribution in [0, 0.1) is 0 Å². The molecular weight excluding hydrogens is 431 g/mol. The van der Waals surface area contributed by atoms with E-state index >= 15 is 0 Å². The van der Waals surface area contributed by atoms with Gasteiger partial charge in [0.2, 0.25) is 0 Å². The summed E-state index contributed by atoms with van der Waals surface area (Å²) in [6.45, 7) is 4.64. The molecular formula is C18H20F3NO7S. The molecule has 12 heteroatoms. The molecule has 1 heterocycles. The van der Waals surface area contributed by atoms with E-state index in [1.54, 1.807) is 51.1 Å². The second-order valence-electron chi connectivity index (χ2n) is 7.23. The highest BCUT2D eigenvalue weighted by Gasteiger charge is 2.52. The smallest absolute Gasteiger partial charge is 0.464 e. The minimum atomic E-state index is -6.09. The number of esters is 1. The molecule has 0 saturated heterocycles. The normalized spacial score (nSPS) is 17.7. The molecule has 2 rings (SSSR count). The monoisotopic (exact) mass is 451 g/mol. The predicted octanol–water partition coefficient (Wildman–Crippen LogP) is 3.62. The number of benzene rings is 1. The van der Waals surface area contributed by atoms with E-state index in [2.05, 4.69) is 8.92 Å². The van der Waals surface area contributed by atoms with Crippen molar-refractivity contribution < 1.29 is 44.8 Å². The van der Waals surface area contributed by atoms with Crippen LogP contribution >= 0.6 is 0 Å². The third-order valence-corrected chi connectivity index (χ3v) is 4.83. The van der Waals surface area contributed by atoms with Gasteiger partial charge < -0.3 is 13.7 Å². The number of nitrogens with zero attached hydrogens (tertiary/aromatic N) is 1. The number of alkyl halides is 3. The first-order chi connectivity index (χ1) is 13.7. The average molecular weight is 451 g/mol. The lowest BCUT2D eigenvalue weighted by molar-refractivity contribution is -0.138. The van der Waals surface area contributed by atoms with E-state index in [0.29, 0.717) is 5.56 Å². The van der Waals surface area contributed by atoms with Crippen LogP contribution in [0.15, 0.2) is 41.8 Å². The van der Waals surface area contributed by atoms with Crippen LogP contribution < -0.4 is 0 Å². The molecule has 1 aliphatic heterocycles. The summed E-state index contributed by atoms with van der Waals surface area (Å²) >= 11 is 0. The number of hydrogen-bond donors (Lipinski definition) is 0. The van der Waals surface area contributed by atoms with Gasteiger partial charge in [0.1, 0.15) is 5.60 Å². The fourth-order valence-corrected chi connectivity index (χ4v) is 3.19. The van der Waals surface area contributed by atoms with E-state index in [0.717, 1.165) is 12.0 Å². The maximum Gasteiger partial charge on any atom is 0.534 e. The Bertz CT molecular complexity index is 950. The number of rotatable bonds is 4. The molecule has 1 aliphatic rings. The number of ether oxygens (including phenoxy) is 2. The Balaban J connectivity index is 2.62. The Morgan fingerprint density at radius 3 is 2.13 bits per heavy atom. The lowest BCUT2D eigenvalue weighted by Crippen LogP contribution is -2.38. The van der Waals surface area contributed by atoms with Gasteiger partial charge in [-0.3, -0.25) is 4.90 Å². The molecule has 30 heavy (non-hydrogen) atoms. The molecule has 0 aliphatic carbocycles. The Hall–Kier alpha value is -2.76. The standard InChI is InChI=1S/C18H20F3NO7S/c1-17(2,3)28-16(24)22-12(11-8-6-5-7-9-11)10-13(14(22)15(23)27-4)29-30(25,26)18(19,20)21/h5-9,12H,10H2,1-4H3/t12-/m1/s1. The number of hydrogen-bond acceptors (Lipinski definition) is 7. The van der Waals surface area contributed by atoms with Crippen LogP contribution in [0.25, 0.3) is 0 Å². The van der Waals surface area contributed by atoms with E-state index < -0.39 is 57.2 Å². The van der Waals surface area contributed by atoms with Gasteiger partial charge in [0, 0.05) is 6.42 Å². The summed E-state index contributed by atoms with van der Waals surface area (Å²) in [4.78, 5) is 25.9. The topological polar surface area (TPSA) is 99.2 Å². The molecule has 1 amide bonds. The van der Waals surface area contributed by atoms with Crippen molar-refractivity contribution in [2.75, 3.05) is 7.11 Å². The maximum atomic E-state index is 12.8. The van der Waals surface area contributed by atoms with Crippen LogP contribution in [0.4, 0.5) is 18.0 Å². The van der Waals surface area contributed by atoms with Crippen LogP contribution in [0.5, 0.6) is 0 Å². The summed E-state index contributed by atoms with van der Waals surface area (Å²) in [6.07, 6.45) is -1.61. The van der Waals surface area contributed by atoms with E-state index in [4.69, 9.17) is 4.74 Å². The van der Waals surface area contributed by atoms with Crippen molar-refractivity contribution >= 4 is 22.2 Å². The van der Waals surface area contributed by atoms with Crippen molar-refractivity contribution in [1.29, 1.82) is 0 Å². The molecule has 0 saturated carbocycles. The number of methoxy groups -OCH3 is 1. The van der Waals surface area contributed by atoms with Gasteiger partial charge in [0.15, 0.2) is 11.5 Å². The Labute approximate surface area is 171 Å². The van der Waals surface area contributed by atoms with Gasteiger partial charge in [0.05, 0.1) is 13.2 Å². The van der Waals surface area contributed by atoms with Crippen LogP contribution in [0.2, 0.25) is 0 Å². The van der Waals surface area contributed by atoms with Crippen molar-refractivity contribution in [3.8, 4) is 0 Å². The molecule has 0 radical (unpaired) electrons. The molecule has 0 unspecified atom stereocenters.